The van der Waals surface area contributed by atoms with Gasteiger partial charge in [0.1, 0.15) is 17.9 Å². The molecule has 0 aliphatic heterocycles. The second-order valence-corrected chi connectivity index (χ2v) is 4.78. The Bertz CT molecular complexity index is 817. The van der Waals surface area contributed by atoms with Gasteiger partial charge in [0, 0.05) is 6.20 Å². The first-order chi connectivity index (χ1) is 11.7. The number of nitrogens with zero attached hydrogens (tertiary/aromatic N) is 1. The Labute approximate surface area is 137 Å². The van der Waals surface area contributed by atoms with Crippen molar-refractivity contribution in [3.8, 4) is 5.75 Å². The zero-order valence-electron chi connectivity index (χ0n) is 12.4. The molecule has 1 heterocycles. The number of ether oxygens (including phenoxy) is 1. The smallest absolute Gasteiger partial charge is 0.421 e. The molecule has 2 aromatic rings. The third kappa shape index (κ3) is 4.78. The summed E-state index contributed by atoms with van der Waals surface area (Å²) in [7, 11) is 0. The molecule has 0 spiro atoms. The lowest BCUT2D eigenvalue weighted by Crippen LogP contribution is -2.32. The molecule has 0 aliphatic carbocycles. The number of nitrogens with one attached hydrogen (secondary N) is 1. The van der Waals surface area contributed by atoms with Crippen LogP contribution in [0.1, 0.15) is 5.56 Å². The van der Waals surface area contributed by atoms with Crippen molar-refractivity contribution in [2.24, 2.45) is 0 Å². The van der Waals surface area contributed by atoms with E-state index >= 15 is 0 Å². The first-order valence-corrected chi connectivity index (χ1v) is 6.79. The lowest BCUT2D eigenvalue weighted by molar-refractivity contribution is -0.139. The molecule has 0 saturated heterocycles. The van der Waals surface area contributed by atoms with Crippen LogP contribution in [0, 0.1) is 0 Å². The van der Waals surface area contributed by atoms with E-state index in [9.17, 15) is 31.5 Å². The summed E-state index contributed by atoms with van der Waals surface area (Å²) >= 11 is 0. The van der Waals surface area contributed by atoms with E-state index in [0.717, 1.165) is 12.3 Å². The number of alkyl halides is 5. The summed E-state index contributed by atoms with van der Waals surface area (Å²) < 4.78 is 67.5. The first kappa shape index (κ1) is 18.4. The topological polar surface area (TPSA) is 60.3 Å². The van der Waals surface area contributed by atoms with Gasteiger partial charge >= 0.3 is 12.8 Å². The van der Waals surface area contributed by atoms with E-state index in [2.05, 4.69) is 10.1 Å². The van der Waals surface area contributed by atoms with Crippen LogP contribution in [0.25, 0.3) is 0 Å². The maximum absolute atomic E-state index is 12.7. The van der Waals surface area contributed by atoms with Gasteiger partial charge in [-0.1, -0.05) is 12.1 Å². The second-order valence-electron chi connectivity index (χ2n) is 4.78. The normalized spacial score (nSPS) is 11.4. The Kier molecular flexibility index (Phi) is 5.40. The molecule has 0 fully saturated rings. The fourth-order valence-corrected chi connectivity index (χ4v) is 1.99. The van der Waals surface area contributed by atoms with Gasteiger partial charge in [-0.3, -0.25) is 9.59 Å². The third-order valence-corrected chi connectivity index (χ3v) is 3.02. The van der Waals surface area contributed by atoms with Crippen molar-refractivity contribution in [2.75, 3.05) is 5.32 Å². The minimum absolute atomic E-state index is 0.104. The summed E-state index contributed by atoms with van der Waals surface area (Å²) in [5.74, 6) is -1.20. The van der Waals surface area contributed by atoms with Crippen LogP contribution in [-0.4, -0.2) is 17.1 Å². The Morgan fingerprint density at radius 2 is 1.84 bits per heavy atom. The summed E-state index contributed by atoms with van der Waals surface area (Å²) in [6.07, 6.45) is -3.84. The first-order valence-electron chi connectivity index (χ1n) is 6.79. The fraction of sp³-hybridized carbons (Fsp3) is 0.200. The number of amides is 1. The highest BCUT2D eigenvalue weighted by molar-refractivity contribution is 5.92. The van der Waals surface area contributed by atoms with Crippen molar-refractivity contribution in [2.45, 2.75) is 19.3 Å². The molecule has 1 amide bonds. The maximum Gasteiger partial charge on any atom is 0.421 e. The van der Waals surface area contributed by atoms with Gasteiger partial charge in [0.05, 0.1) is 5.69 Å². The predicted octanol–water partition coefficient (Wildman–Crippen LogP) is 3.11. The largest absolute Gasteiger partial charge is 0.433 e. The average molecular weight is 362 g/mol. The number of benzene rings is 1. The van der Waals surface area contributed by atoms with Crippen LogP contribution < -0.4 is 15.6 Å². The lowest BCUT2D eigenvalue weighted by Gasteiger charge is -2.13. The second kappa shape index (κ2) is 7.32. The lowest BCUT2D eigenvalue weighted by atomic mass is 10.2. The molecule has 5 nitrogen and oxygen atoms in total. The Morgan fingerprint density at radius 1 is 1.16 bits per heavy atom. The third-order valence-electron chi connectivity index (χ3n) is 3.02. The number of carbonyl (C=O) groups excluding carboxylic acids is 1. The average Bonchev–Trinajstić information content (AvgIpc) is 2.49. The molecule has 0 unspecified atom stereocenters. The summed E-state index contributed by atoms with van der Waals surface area (Å²) in [6, 6.07) is 6.85. The number of carbonyl (C=O) groups is 1. The van der Waals surface area contributed by atoms with Gasteiger partial charge in [0.15, 0.2) is 0 Å². The molecule has 2 rings (SSSR count). The molecule has 1 aromatic heterocycles. The van der Waals surface area contributed by atoms with Gasteiger partial charge in [-0.15, -0.1) is 0 Å². The van der Waals surface area contributed by atoms with E-state index in [1.807, 2.05) is 0 Å². The number of hydrogen-bond donors (Lipinski definition) is 1. The molecule has 134 valence electrons. The molecule has 0 atom stereocenters. The van der Waals surface area contributed by atoms with Crippen molar-refractivity contribution >= 4 is 11.6 Å². The fourth-order valence-electron chi connectivity index (χ4n) is 1.99. The van der Waals surface area contributed by atoms with Crippen molar-refractivity contribution in [3.05, 3.63) is 58.5 Å². The van der Waals surface area contributed by atoms with E-state index in [1.165, 1.54) is 24.3 Å². The minimum Gasteiger partial charge on any atom is -0.433 e. The van der Waals surface area contributed by atoms with Gasteiger partial charge in [0.2, 0.25) is 5.91 Å². The number of halogens is 5. The molecule has 1 N–H and O–H groups in total. The SMILES string of the molecule is O=C(Cn1cccc(C(F)(F)F)c1=O)Nc1ccccc1OC(F)F. The van der Waals surface area contributed by atoms with Crippen molar-refractivity contribution in [1.29, 1.82) is 0 Å². The number of anilines is 1. The summed E-state index contributed by atoms with van der Waals surface area (Å²) in [6.45, 7) is -3.85. The van der Waals surface area contributed by atoms with Crippen LogP contribution in [-0.2, 0) is 17.5 Å². The van der Waals surface area contributed by atoms with Gasteiger partial charge in [0.25, 0.3) is 5.56 Å². The summed E-state index contributed by atoms with van der Waals surface area (Å²) in [5, 5.41) is 2.21. The zero-order valence-corrected chi connectivity index (χ0v) is 12.4. The highest BCUT2D eigenvalue weighted by Crippen LogP contribution is 2.26. The molecule has 0 aliphatic rings. The molecule has 1 aromatic carbocycles. The highest BCUT2D eigenvalue weighted by atomic mass is 19.4. The number of pyridine rings is 1. The van der Waals surface area contributed by atoms with Crippen molar-refractivity contribution in [1.82, 2.24) is 4.57 Å². The zero-order chi connectivity index (χ0) is 18.6. The van der Waals surface area contributed by atoms with Crippen LogP contribution in [0.5, 0.6) is 5.75 Å². The monoisotopic (exact) mass is 362 g/mol. The molecular weight excluding hydrogens is 351 g/mol. The van der Waals surface area contributed by atoms with E-state index < -0.39 is 36.4 Å². The van der Waals surface area contributed by atoms with Crippen LogP contribution in [0.15, 0.2) is 47.4 Å². The standard InChI is InChI=1S/C15H11F5N2O3/c16-14(17)25-11-6-2-1-5-10(11)21-12(23)8-22-7-3-4-9(13(22)24)15(18,19)20/h1-7,14H,8H2,(H,21,23). The molecule has 0 radical (unpaired) electrons. The van der Waals surface area contributed by atoms with Gasteiger partial charge in [-0.25, -0.2) is 0 Å². The molecule has 0 saturated carbocycles. The summed E-state index contributed by atoms with van der Waals surface area (Å²) in [4.78, 5) is 23.7. The van der Waals surface area contributed by atoms with Crippen molar-refractivity contribution in [3.63, 3.8) is 0 Å². The Balaban J connectivity index is 2.19. The Hall–Kier alpha value is -2.91. The van der Waals surface area contributed by atoms with Gasteiger partial charge < -0.3 is 14.6 Å². The van der Waals surface area contributed by atoms with E-state index in [0.29, 0.717) is 10.6 Å². The number of para-hydroxylation sites is 2. The molecule has 25 heavy (non-hydrogen) atoms. The molecular formula is C15H11F5N2O3. The molecule has 0 bridgehead atoms. The maximum atomic E-state index is 12.7. The van der Waals surface area contributed by atoms with Crippen LogP contribution in [0.2, 0.25) is 0 Å². The highest BCUT2D eigenvalue weighted by Gasteiger charge is 2.34. The van der Waals surface area contributed by atoms with Crippen LogP contribution >= 0.6 is 0 Å². The number of rotatable bonds is 5. The number of hydrogen-bond acceptors (Lipinski definition) is 3. The van der Waals surface area contributed by atoms with Gasteiger partial charge in [-0.05, 0) is 24.3 Å². The Morgan fingerprint density at radius 3 is 2.48 bits per heavy atom. The predicted molar refractivity (Wildman–Crippen MR) is 77.4 cm³/mol. The van der Waals surface area contributed by atoms with E-state index in [-0.39, 0.29) is 11.4 Å². The minimum atomic E-state index is -4.85. The van der Waals surface area contributed by atoms with Crippen molar-refractivity contribution < 1.29 is 31.5 Å². The summed E-state index contributed by atoms with van der Waals surface area (Å²) in [5.41, 5.74) is -2.90. The molecule has 10 heteroatoms. The van der Waals surface area contributed by atoms with Crippen LogP contribution in [0.4, 0.5) is 27.6 Å². The van der Waals surface area contributed by atoms with E-state index in [4.69, 9.17) is 0 Å². The van der Waals surface area contributed by atoms with Gasteiger partial charge in [-0.2, -0.15) is 22.0 Å². The van der Waals surface area contributed by atoms with E-state index in [1.54, 1.807) is 0 Å². The van der Waals surface area contributed by atoms with Crippen LogP contribution in [0.3, 0.4) is 0 Å². The number of aromatic nitrogens is 1. The quantitative estimate of drug-likeness (QED) is 0.832.